The third-order valence-electron chi connectivity index (χ3n) is 6.56. The molecule has 1 heterocycles. The Morgan fingerprint density at radius 1 is 0.956 bits per heavy atom. The number of ether oxygens (including phenoxy) is 3. The Morgan fingerprint density at radius 2 is 1.67 bits per heavy atom. The number of allylic oxidation sites excluding steroid dienone is 1. The molecule has 1 aliphatic rings. The predicted octanol–water partition coefficient (Wildman–Crippen LogP) is 5.30. The molecule has 1 saturated heterocycles. The van der Waals surface area contributed by atoms with Crippen molar-refractivity contribution in [2.24, 2.45) is 0 Å². The zero-order chi connectivity index (χ0) is 32.7. The molecule has 4 amide bonds. The number of nitrogens with zero attached hydrogens (tertiary/aromatic N) is 1. The molecule has 13 heteroatoms. The number of carbonyl (C=O) groups is 3. The fourth-order valence-corrected chi connectivity index (χ4v) is 5.51. The van der Waals surface area contributed by atoms with Crippen molar-refractivity contribution in [2.75, 3.05) is 20.8 Å². The highest BCUT2D eigenvalue weighted by molar-refractivity contribution is 7.87. The van der Waals surface area contributed by atoms with E-state index in [1.807, 2.05) is 6.92 Å². The standard InChI is InChI=1S/C32H31ClN2O9S/c1-5-7-22-15-21(18-28(42-4)29(22)44-45(39,40)24-11-9-23(33)10-12-24)16-25-30(36)34-32(38)35(31(25)37)19-20-8-13-26(43-14-6-2)27(17-20)41-3/h5,8-13,15-18H,1,6-7,14,19H2,2-4H3,(H,34,36,38)/b25-16+. The van der Waals surface area contributed by atoms with Gasteiger partial charge < -0.3 is 18.4 Å². The topological polar surface area (TPSA) is 138 Å². The molecule has 45 heavy (non-hydrogen) atoms. The van der Waals surface area contributed by atoms with Crippen LogP contribution in [0.3, 0.4) is 0 Å². The van der Waals surface area contributed by atoms with Crippen molar-refractivity contribution >= 4 is 45.6 Å². The summed E-state index contributed by atoms with van der Waals surface area (Å²) >= 11 is 5.89. The Bertz CT molecular complexity index is 1770. The van der Waals surface area contributed by atoms with Crippen molar-refractivity contribution in [2.45, 2.75) is 31.2 Å². The van der Waals surface area contributed by atoms with Crippen LogP contribution in [0.1, 0.15) is 30.0 Å². The Hall–Kier alpha value is -4.81. The second-order valence-corrected chi connectivity index (χ2v) is 11.7. The Morgan fingerprint density at radius 3 is 2.31 bits per heavy atom. The molecule has 0 spiro atoms. The number of halogens is 1. The van der Waals surface area contributed by atoms with E-state index in [1.165, 1.54) is 62.8 Å². The van der Waals surface area contributed by atoms with Gasteiger partial charge in [0.1, 0.15) is 10.5 Å². The summed E-state index contributed by atoms with van der Waals surface area (Å²) in [6, 6.07) is 12.5. The molecule has 0 aromatic heterocycles. The zero-order valence-electron chi connectivity index (χ0n) is 24.8. The maximum Gasteiger partial charge on any atom is 0.339 e. The monoisotopic (exact) mass is 654 g/mol. The average Bonchev–Trinajstić information content (AvgIpc) is 3.01. The van der Waals surface area contributed by atoms with Gasteiger partial charge in [0, 0.05) is 10.6 Å². The van der Waals surface area contributed by atoms with Crippen LogP contribution in [0.2, 0.25) is 5.02 Å². The normalized spacial score (nSPS) is 14.3. The number of amides is 4. The molecular weight excluding hydrogens is 624 g/mol. The van der Waals surface area contributed by atoms with E-state index in [-0.39, 0.29) is 34.9 Å². The molecule has 0 radical (unpaired) electrons. The number of methoxy groups -OCH3 is 2. The Balaban J connectivity index is 1.67. The van der Waals surface area contributed by atoms with Gasteiger partial charge in [0.05, 0.1) is 27.4 Å². The van der Waals surface area contributed by atoms with Crippen LogP contribution in [0.25, 0.3) is 6.08 Å². The number of hydrogen-bond acceptors (Lipinski definition) is 9. The number of barbiturate groups is 1. The second-order valence-electron chi connectivity index (χ2n) is 9.74. The van der Waals surface area contributed by atoms with Gasteiger partial charge in [0.25, 0.3) is 11.8 Å². The van der Waals surface area contributed by atoms with E-state index in [0.717, 1.165) is 11.3 Å². The van der Waals surface area contributed by atoms with Crippen molar-refractivity contribution < 1.29 is 41.2 Å². The van der Waals surface area contributed by atoms with E-state index >= 15 is 0 Å². The number of hydrogen-bond donors (Lipinski definition) is 1. The lowest BCUT2D eigenvalue weighted by Gasteiger charge is -2.26. The van der Waals surface area contributed by atoms with E-state index < -0.39 is 28.0 Å². The maximum atomic E-state index is 13.5. The Labute approximate surface area is 266 Å². The second kappa shape index (κ2) is 14.3. The quantitative estimate of drug-likeness (QED) is 0.113. The van der Waals surface area contributed by atoms with Crippen molar-refractivity contribution in [3.63, 3.8) is 0 Å². The summed E-state index contributed by atoms with van der Waals surface area (Å²) in [5.74, 6) is -0.842. The van der Waals surface area contributed by atoms with Gasteiger partial charge in [-0.3, -0.25) is 19.8 Å². The molecular formula is C32H31ClN2O9S. The molecule has 4 rings (SSSR count). The van der Waals surface area contributed by atoms with Crippen LogP contribution in [0.4, 0.5) is 4.79 Å². The van der Waals surface area contributed by atoms with Crippen molar-refractivity contribution in [1.29, 1.82) is 0 Å². The van der Waals surface area contributed by atoms with Crippen molar-refractivity contribution in [1.82, 2.24) is 10.2 Å². The number of imide groups is 2. The molecule has 3 aromatic rings. The molecule has 0 saturated carbocycles. The highest BCUT2D eigenvalue weighted by atomic mass is 35.5. The van der Waals surface area contributed by atoms with Gasteiger partial charge in [-0.2, -0.15) is 8.42 Å². The van der Waals surface area contributed by atoms with E-state index in [2.05, 4.69) is 11.9 Å². The highest BCUT2D eigenvalue weighted by Crippen LogP contribution is 2.37. The van der Waals surface area contributed by atoms with Gasteiger partial charge in [-0.1, -0.05) is 30.7 Å². The van der Waals surface area contributed by atoms with Crippen molar-refractivity contribution in [3.05, 3.63) is 94.5 Å². The first kappa shape index (κ1) is 33.1. The third-order valence-corrected chi connectivity index (χ3v) is 8.05. The molecule has 0 bridgehead atoms. The molecule has 1 N–H and O–H groups in total. The average molecular weight is 655 g/mol. The fourth-order valence-electron chi connectivity index (χ4n) is 4.41. The summed E-state index contributed by atoms with van der Waals surface area (Å²) in [4.78, 5) is 39.8. The van der Waals surface area contributed by atoms with Crippen LogP contribution in [0.15, 0.2) is 77.7 Å². The number of benzene rings is 3. The number of rotatable bonds is 13. The first-order chi connectivity index (χ1) is 21.5. The first-order valence-electron chi connectivity index (χ1n) is 13.7. The number of urea groups is 1. The minimum Gasteiger partial charge on any atom is -0.493 e. The van der Waals surface area contributed by atoms with Crippen LogP contribution in [-0.4, -0.2) is 52.0 Å². The van der Waals surface area contributed by atoms with E-state index in [9.17, 15) is 22.8 Å². The largest absolute Gasteiger partial charge is 0.493 e. The Kier molecular flexibility index (Phi) is 10.5. The summed E-state index contributed by atoms with van der Waals surface area (Å²) in [5.41, 5.74) is 0.902. The molecule has 0 atom stereocenters. The van der Waals surface area contributed by atoms with Gasteiger partial charge in [0.2, 0.25) is 0 Å². The smallest absolute Gasteiger partial charge is 0.339 e. The SMILES string of the molecule is C=CCc1cc(/C=C2\C(=O)NC(=O)N(Cc3ccc(OCCC)c(OC)c3)C2=O)cc(OC)c1OS(=O)(=O)c1ccc(Cl)cc1. The lowest BCUT2D eigenvalue weighted by Crippen LogP contribution is -2.53. The van der Waals surface area contributed by atoms with Gasteiger partial charge >= 0.3 is 16.1 Å². The van der Waals surface area contributed by atoms with Gasteiger partial charge in [0.15, 0.2) is 23.0 Å². The molecule has 1 aliphatic heterocycles. The number of nitrogens with one attached hydrogen (secondary N) is 1. The van der Waals surface area contributed by atoms with Crippen LogP contribution < -0.4 is 23.7 Å². The van der Waals surface area contributed by atoms with Gasteiger partial charge in [-0.25, -0.2) is 4.79 Å². The molecule has 11 nitrogen and oxygen atoms in total. The van der Waals surface area contributed by atoms with Gasteiger partial charge in [-0.05, 0) is 78.6 Å². The molecule has 1 fully saturated rings. The summed E-state index contributed by atoms with van der Waals surface area (Å²) in [5, 5.41) is 2.55. The lowest BCUT2D eigenvalue weighted by atomic mass is 10.0. The maximum absolute atomic E-state index is 13.5. The van der Waals surface area contributed by atoms with Crippen LogP contribution >= 0.6 is 11.6 Å². The summed E-state index contributed by atoms with van der Waals surface area (Å²) in [6.45, 7) is 6.03. The van der Waals surface area contributed by atoms with E-state index in [1.54, 1.807) is 18.2 Å². The molecule has 236 valence electrons. The van der Waals surface area contributed by atoms with E-state index in [4.69, 9.17) is 30.0 Å². The first-order valence-corrected chi connectivity index (χ1v) is 15.5. The lowest BCUT2D eigenvalue weighted by molar-refractivity contribution is -0.130. The van der Waals surface area contributed by atoms with Gasteiger partial charge in [-0.15, -0.1) is 6.58 Å². The van der Waals surface area contributed by atoms with Crippen molar-refractivity contribution in [3.8, 4) is 23.0 Å². The van der Waals surface area contributed by atoms with Crippen LogP contribution in [-0.2, 0) is 32.7 Å². The van der Waals surface area contributed by atoms with Crippen LogP contribution in [0.5, 0.6) is 23.0 Å². The molecule has 0 unspecified atom stereocenters. The molecule has 0 aliphatic carbocycles. The summed E-state index contributed by atoms with van der Waals surface area (Å²) in [7, 11) is -1.49. The molecule has 3 aromatic carbocycles. The summed E-state index contributed by atoms with van der Waals surface area (Å²) in [6.07, 6.45) is 3.77. The fraction of sp³-hybridized carbons (Fsp3) is 0.219. The number of carbonyl (C=O) groups excluding carboxylic acids is 3. The zero-order valence-corrected chi connectivity index (χ0v) is 26.4. The summed E-state index contributed by atoms with van der Waals surface area (Å²) < 4.78 is 48.1. The van der Waals surface area contributed by atoms with E-state index in [0.29, 0.717) is 39.8 Å². The minimum atomic E-state index is -4.28. The third kappa shape index (κ3) is 7.65. The van der Waals surface area contributed by atoms with Crippen LogP contribution in [0, 0.1) is 0 Å². The minimum absolute atomic E-state index is 0.0211. The highest BCUT2D eigenvalue weighted by Gasteiger charge is 2.36. The predicted molar refractivity (Wildman–Crippen MR) is 167 cm³/mol.